The van der Waals surface area contributed by atoms with Crippen LogP contribution >= 0.6 is 0 Å². The number of carbonyl (C=O) groups excluding carboxylic acids is 6. The molecule has 16 nitrogen and oxygen atoms in total. The van der Waals surface area contributed by atoms with Crippen molar-refractivity contribution < 1.29 is 33.9 Å². The summed E-state index contributed by atoms with van der Waals surface area (Å²) in [6.07, 6.45) is 11.3. The highest BCUT2D eigenvalue weighted by Gasteiger charge is 2.40. The molecule has 1 saturated heterocycles. The van der Waals surface area contributed by atoms with Crippen molar-refractivity contribution in [2.45, 2.75) is 154 Å². The number of amides is 6. The van der Waals surface area contributed by atoms with Crippen LogP contribution in [0.25, 0.3) is 0 Å². The van der Waals surface area contributed by atoms with Gasteiger partial charge in [-0.3, -0.25) is 33.8 Å². The first-order chi connectivity index (χ1) is 28.1. The number of benzene rings is 1. The number of nitrogens with zero attached hydrogens (tertiary/aromatic N) is 3. The lowest BCUT2D eigenvalue weighted by atomic mass is 9.83. The highest BCUT2D eigenvalue weighted by molar-refractivity contribution is 5.96. The second kappa shape index (κ2) is 23.0. The van der Waals surface area contributed by atoms with Crippen LogP contribution in [0.4, 0.5) is 0 Å². The van der Waals surface area contributed by atoms with Crippen LogP contribution in [0.5, 0.6) is 5.75 Å². The molecule has 0 aromatic heterocycles. The average Bonchev–Trinajstić information content (AvgIpc) is 3.70. The van der Waals surface area contributed by atoms with Gasteiger partial charge in [0.25, 0.3) is 0 Å². The van der Waals surface area contributed by atoms with Crippen LogP contribution < -0.4 is 33.2 Å². The van der Waals surface area contributed by atoms with Crippen LogP contribution in [-0.4, -0.2) is 106 Å². The highest BCUT2D eigenvalue weighted by Crippen LogP contribution is 2.29. The summed E-state index contributed by atoms with van der Waals surface area (Å²) in [5.74, 6) is -2.87. The molecule has 5 atom stereocenters. The second-order valence-electron chi connectivity index (χ2n) is 17.2. The molecule has 2 aliphatic carbocycles. The Balaban J connectivity index is 1.62. The summed E-state index contributed by atoms with van der Waals surface area (Å²) in [7, 11) is 0. The molecule has 0 bridgehead atoms. The van der Waals surface area contributed by atoms with Crippen LogP contribution in [0.1, 0.15) is 123 Å². The number of carbonyl (C=O) groups is 6. The molecule has 59 heavy (non-hydrogen) atoms. The van der Waals surface area contributed by atoms with Gasteiger partial charge in [0.15, 0.2) is 5.96 Å². The first-order valence-corrected chi connectivity index (χ1v) is 21.8. The van der Waals surface area contributed by atoms with Crippen LogP contribution in [0.2, 0.25) is 0 Å². The van der Waals surface area contributed by atoms with Crippen molar-refractivity contribution in [2.24, 2.45) is 39.9 Å². The number of phenols is 1. The van der Waals surface area contributed by atoms with Crippen molar-refractivity contribution in [1.29, 1.82) is 0 Å². The summed E-state index contributed by atoms with van der Waals surface area (Å²) in [4.78, 5) is 90.0. The predicted molar refractivity (Wildman–Crippen MR) is 225 cm³/mol. The molecule has 1 heterocycles. The van der Waals surface area contributed by atoms with Crippen LogP contribution in [0.3, 0.4) is 0 Å². The van der Waals surface area contributed by atoms with Gasteiger partial charge in [-0.2, -0.15) is 0 Å². The molecule has 1 aromatic carbocycles. The minimum absolute atomic E-state index is 0.00175. The van der Waals surface area contributed by atoms with Gasteiger partial charge in [-0.05, 0) is 93.2 Å². The molecule has 328 valence electrons. The quantitative estimate of drug-likeness (QED) is 0.0578. The molecule has 0 radical (unpaired) electrons. The molecule has 2 saturated carbocycles. The third kappa shape index (κ3) is 14.4. The van der Waals surface area contributed by atoms with Gasteiger partial charge in [0.1, 0.15) is 36.0 Å². The van der Waals surface area contributed by atoms with Gasteiger partial charge in [-0.1, -0.05) is 64.5 Å². The second-order valence-corrected chi connectivity index (χ2v) is 17.2. The summed E-state index contributed by atoms with van der Waals surface area (Å²) in [5, 5.41) is 18.8. The Hall–Kier alpha value is -4.89. The predicted octanol–water partition coefficient (Wildman–Crippen LogP) is 2.34. The number of rotatable bonds is 20. The van der Waals surface area contributed by atoms with Crippen molar-refractivity contribution in [2.75, 3.05) is 19.6 Å². The number of hydrogen-bond donors (Lipinski definition) is 7. The third-order valence-electron chi connectivity index (χ3n) is 12.1. The van der Waals surface area contributed by atoms with E-state index in [1.807, 2.05) is 13.8 Å². The molecular weight excluding hydrogens is 755 g/mol. The summed E-state index contributed by atoms with van der Waals surface area (Å²) in [6.45, 7) is 6.25. The van der Waals surface area contributed by atoms with Crippen LogP contribution in [-0.2, 0) is 35.2 Å². The first kappa shape index (κ1) is 46.8. The number of likely N-dealkylation sites (tertiary alicyclic amines) is 1. The number of nitrogens with two attached hydrogens (primary N) is 3. The van der Waals surface area contributed by atoms with Crippen LogP contribution in [0.15, 0.2) is 29.3 Å². The highest BCUT2D eigenvalue weighted by atomic mass is 16.3. The molecule has 3 fully saturated rings. The number of aromatic hydroxyl groups is 1. The van der Waals surface area contributed by atoms with Crippen molar-refractivity contribution in [1.82, 2.24) is 25.8 Å². The van der Waals surface area contributed by atoms with Crippen molar-refractivity contribution in [3.63, 3.8) is 0 Å². The molecule has 3 aliphatic rings. The summed E-state index contributed by atoms with van der Waals surface area (Å²) in [5.41, 5.74) is 17.5. The lowest BCUT2D eigenvalue weighted by molar-refractivity contribution is -0.142. The maximum Gasteiger partial charge on any atom is 0.245 e. The minimum atomic E-state index is -1.12. The topological polar surface area (TPSA) is 256 Å². The maximum atomic E-state index is 14.7. The van der Waals surface area contributed by atoms with Gasteiger partial charge >= 0.3 is 0 Å². The van der Waals surface area contributed by atoms with Crippen molar-refractivity contribution in [3.8, 4) is 5.75 Å². The smallest absolute Gasteiger partial charge is 0.245 e. The molecular formula is C43H69N9O7. The van der Waals surface area contributed by atoms with E-state index in [1.165, 1.54) is 11.8 Å². The number of nitrogens with one attached hydrogen (secondary N) is 3. The zero-order chi connectivity index (χ0) is 43.1. The van der Waals surface area contributed by atoms with E-state index in [0.717, 1.165) is 56.9 Å². The normalized spacial score (nSPS) is 19.5. The van der Waals surface area contributed by atoms with E-state index in [0.29, 0.717) is 45.2 Å². The Morgan fingerprint density at radius 2 is 1.44 bits per heavy atom. The molecule has 6 amide bonds. The monoisotopic (exact) mass is 824 g/mol. The fraction of sp³-hybridized carbons (Fsp3) is 0.698. The first-order valence-electron chi connectivity index (χ1n) is 21.8. The summed E-state index contributed by atoms with van der Waals surface area (Å²) >= 11 is 0. The van der Waals surface area contributed by atoms with Gasteiger partial charge in [0.05, 0.1) is 0 Å². The van der Waals surface area contributed by atoms with Gasteiger partial charge < -0.3 is 48.1 Å². The van der Waals surface area contributed by atoms with E-state index in [2.05, 4.69) is 20.9 Å². The van der Waals surface area contributed by atoms with Gasteiger partial charge in [-0.25, -0.2) is 0 Å². The van der Waals surface area contributed by atoms with Crippen LogP contribution in [0, 0.1) is 17.8 Å². The number of aliphatic imine (C=N–C) groups is 1. The van der Waals surface area contributed by atoms with Gasteiger partial charge in [0, 0.05) is 33.0 Å². The molecule has 0 spiro atoms. The summed E-state index contributed by atoms with van der Waals surface area (Å²) in [6, 6.07) is 1.71. The molecule has 10 N–H and O–H groups in total. The van der Waals surface area contributed by atoms with E-state index in [-0.39, 0.29) is 61.2 Å². The summed E-state index contributed by atoms with van der Waals surface area (Å²) < 4.78 is 0. The van der Waals surface area contributed by atoms with E-state index >= 15 is 0 Å². The van der Waals surface area contributed by atoms with Crippen molar-refractivity contribution >= 4 is 41.4 Å². The molecule has 1 aliphatic heterocycles. The Morgan fingerprint density at radius 1 is 0.814 bits per heavy atom. The third-order valence-corrected chi connectivity index (χ3v) is 12.1. The SMILES string of the molecule is CC(=O)N(CC1CCCCC1)[C@@H](Cc1ccc(O)cc1)C(=O)N[C@H](C(=O)N[C@@H](CCCN=C(N)N)C(=O)N[C@@H](CC(C)C)C(=O)N1CCC[C@H]1C(N)=O)C1CCCCC1. The maximum absolute atomic E-state index is 14.7. The number of guanidine groups is 1. The fourth-order valence-corrected chi connectivity index (χ4v) is 8.96. The zero-order valence-electron chi connectivity index (χ0n) is 35.3. The van der Waals surface area contributed by atoms with Crippen molar-refractivity contribution in [3.05, 3.63) is 29.8 Å². The molecule has 0 unspecified atom stereocenters. The largest absolute Gasteiger partial charge is 0.508 e. The minimum Gasteiger partial charge on any atom is -0.508 e. The van der Waals surface area contributed by atoms with E-state index < -0.39 is 59.7 Å². The van der Waals surface area contributed by atoms with Gasteiger partial charge in [-0.15, -0.1) is 0 Å². The number of phenolic OH excluding ortho intramolecular Hbond substituents is 1. The Morgan fingerprint density at radius 3 is 2.03 bits per heavy atom. The zero-order valence-corrected chi connectivity index (χ0v) is 35.3. The lowest BCUT2D eigenvalue weighted by Gasteiger charge is -2.37. The lowest BCUT2D eigenvalue weighted by Crippen LogP contribution is -2.61. The Bertz CT molecular complexity index is 1600. The van der Waals surface area contributed by atoms with E-state index in [9.17, 15) is 33.9 Å². The number of hydrogen-bond acceptors (Lipinski definition) is 8. The number of primary amides is 1. The Labute approximate surface area is 349 Å². The average molecular weight is 824 g/mol. The molecule has 1 aromatic rings. The molecule has 16 heteroatoms. The molecule has 4 rings (SSSR count). The van der Waals surface area contributed by atoms with E-state index in [1.54, 1.807) is 29.2 Å². The fourth-order valence-electron chi connectivity index (χ4n) is 8.96. The van der Waals surface area contributed by atoms with E-state index in [4.69, 9.17) is 17.2 Å². The Kier molecular flexibility index (Phi) is 18.3. The standard InChI is InChI=1S/C43H69N9O7/c1-27(2)24-34(42(59)51-23-11-17-35(51)38(44)55)49-39(56)33(16-10-22-47-43(45)46)48-41(58)37(31-14-8-5-9-15-31)50-40(57)36(25-29-18-20-32(54)21-19-29)52(28(3)53)26-30-12-6-4-7-13-30/h18-21,27,30-31,33-37,54H,4-17,22-26H2,1-3H3,(H2,44,55)(H,48,58)(H,49,56)(H,50,57)(H4,45,46,47)/t33-,34-,35-,36-,37-/m0/s1. The van der Waals surface area contributed by atoms with Gasteiger partial charge in [0.2, 0.25) is 35.4 Å².